The zero-order valence-electron chi connectivity index (χ0n) is 15.1. The smallest absolute Gasteiger partial charge is 0.255 e. The highest BCUT2D eigenvalue weighted by Crippen LogP contribution is 2.22. The molecule has 0 aliphatic rings. The summed E-state index contributed by atoms with van der Waals surface area (Å²) in [5.74, 6) is -0.167. The van der Waals surface area contributed by atoms with Crippen LogP contribution in [-0.2, 0) is 4.79 Å². The van der Waals surface area contributed by atoms with Crippen LogP contribution in [0.15, 0.2) is 71.8 Å². The van der Waals surface area contributed by atoms with Gasteiger partial charge in [-0.2, -0.15) is 0 Å². The van der Waals surface area contributed by atoms with Gasteiger partial charge < -0.3 is 5.32 Å². The van der Waals surface area contributed by atoms with E-state index in [4.69, 9.17) is 0 Å². The number of halogens is 1. The monoisotopic (exact) mass is 337 g/mol. The van der Waals surface area contributed by atoms with Gasteiger partial charge in [-0.05, 0) is 61.2 Å². The van der Waals surface area contributed by atoms with Crippen molar-refractivity contribution in [2.45, 2.75) is 27.7 Å². The van der Waals surface area contributed by atoms with Crippen LogP contribution in [0.1, 0.15) is 33.3 Å². The lowest BCUT2D eigenvalue weighted by Gasteiger charge is -2.14. The van der Waals surface area contributed by atoms with E-state index >= 15 is 0 Å². The van der Waals surface area contributed by atoms with Crippen LogP contribution in [0.25, 0.3) is 5.57 Å². The van der Waals surface area contributed by atoms with Crippen molar-refractivity contribution in [3.05, 3.63) is 83.2 Å². The summed E-state index contributed by atoms with van der Waals surface area (Å²) >= 11 is 0. The van der Waals surface area contributed by atoms with Gasteiger partial charge in [0, 0.05) is 11.3 Å². The number of allylic oxidation sites excluding steroid dienone is 2. The molecule has 1 N–H and O–H groups in total. The first-order valence-electron chi connectivity index (χ1n) is 8.40. The summed E-state index contributed by atoms with van der Waals surface area (Å²) in [6, 6.07) is 15.7. The maximum Gasteiger partial charge on any atom is 0.255 e. The number of carbonyl (C=O) groups excluding carboxylic acids is 1. The number of benzene rings is 2. The van der Waals surface area contributed by atoms with Gasteiger partial charge in [0.2, 0.25) is 0 Å². The zero-order valence-corrected chi connectivity index (χ0v) is 15.1. The Morgan fingerprint density at radius 1 is 1.00 bits per heavy atom. The highest BCUT2D eigenvalue weighted by molar-refractivity contribution is 6.07. The third-order valence-corrected chi connectivity index (χ3v) is 4.23. The maximum atomic E-state index is 13.1. The maximum absolute atomic E-state index is 13.1. The van der Waals surface area contributed by atoms with Crippen LogP contribution in [-0.4, -0.2) is 5.91 Å². The molecule has 1 amide bonds. The largest absolute Gasteiger partial charge is 0.322 e. The molecule has 0 aliphatic heterocycles. The van der Waals surface area contributed by atoms with E-state index < -0.39 is 0 Å². The van der Waals surface area contributed by atoms with E-state index in [0.717, 1.165) is 22.4 Å². The molecule has 0 bridgehead atoms. The number of hydrogen-bond donors (Lipinski definition) is 1. The number of amides is 1. The van der Waals surface area contributed by atoms with Crippen molar-refractivity contribution >= 4 is 17.2 Å². The second kappa shape index (κ2) is 8.43. The lowest BCUT2D eigenvalue weighted by Crippen LogP contribution is -2.16. The molecule has 130 valence electrons. The van der Waals surface area contributed by atoms with E-state index in [1.165, 1.54) is 12.1 Å². The van der Waals surface area contributed by atoms with Crippen molar-refractivity contribution in [3.8, 4) is 0 Å². The Hall–Kier alpha value is -2.68. The van der Waals surface area contributed by atoms with Crippen LogP contribution in [0, 0.1) is 11.7 Å². The molecule has 0 aliphatic carbocycles. The lowest BCUT2D eigenvalue weighted by atomic mass is 9.95. The molecule has 0 aromatic heterocycles. The summed E-state index contributed by atoms with van der Waals surface area (Å²) < 4.78 is 13.1. The van der Waals surface area contributed by atoms with Crippen molar-refractivity contribution in [1.29, 1.82) is 0 Å². The predicted molar refractivity (Wildman–Crippen MR) is 103 cm³/mol. The number of anilines is 1. The summed E-state index contributed by atoms with van der Waals surface area (Å²) in [7, 11) is 0. The van der Waals surface area contributed by atoms with Gasteiger partial charge in [-0.3, -0.25) is 4.79 Å². The molecule has 0 atom stereocenters. The minimum atomic E-state index is -0.271. The summed E-state index contributed by atoms with van der Waals surface area (Å²) in [4.78, 5) is 12.8. The Morgan fingerprint density at radius 2 is 1.60 bits per heavy atom. The fraction of sp³-hybridized carbons (Fsp3) is 0.227. The van der Waals surface area contributed by atoms with E-state index in [0.29, 0.717) is 5.57 Å². The highest BCUT2D eigenvalue weighted by atomic mass is 19.1. The van der Waals surface area contributed by atoms with Crippen LogP contribution in [0.3, 0.4) is 0 Å². The van der Waals surface area contributed by atoms with E-state index in [9.17, 15) is 9.18 Å². The number of rotatable bonds is 5. The van der Waals surface area contributed by atoms with Gasteiger partial charge in [0.25, 0.3) is 5.91 Å². The summed E-state index contributed by atoms with van der Waals surface area (Å²) in [6.45, 7) is 8.02. The normalized spacial score (nSPS) is 12.8. The number of nitrogens with one attached hydrogen (secondary N) is 1. The van der Waals surface area contributed by atoms with Gasteiger partial charge >= 0.3 is 0 Å². The van der Waals surface area contributed by atoms with Gasteiger partial charge in [-0.15, -0.1) is 0 Å². The molecule has 0 saturated carbocycles. The fourth-order valence-corrected chi connectivity index (χ4v) is 2.40. The summed E-state index contributed by atoms with van der Waals surface area (Å²) in [5.41, 5.74) is 4.21. The minimum Gasteiger partial charge on any atom is -0.322 e. The first-order chi connectivity index (χ1) is 11.9. The zero-order chi connectivity index (χ0) is 18.4. The van der Waals surface area contributed by atoms with E-state index in [-0.39, 0.29) is 17.6 Å². The van der Waals surface area contributed by atoms with Crippen LogP contribution in [0.2, 0.25) is 0 Å². The van der Waals surface area contributed by atoms with Gasteiger partial charge in [-0.25, -0.2) is 4.39 Å². The SMILES string of the molecule is C/C(=C(\C=C(/C)c1ccc(F)cc1)C(=O)Nc1ccccc1)C(C)C. The van der Waals surface area contributed by atoms with Gasteiger partial charge in [0.05, 0.1) is 0 Å². The van der Waals surface area contributed by atoms with Crippen molar-refractivity contribution < 1.29 is 9.18 Å². The predicted octanol–water partition coefficient (Wildman–Crippen LogP) is 5.84. The molecule has 0 fully saturated rings. The second-order valence-electron chi connectivity index (χ2n) is 6.41. The van der Waals surface area contributed by atoms with Gasteiger partial charge in [-0.1, -0.05) is 49.8 Å². The summed E-state index contributed by atoms with van der Waals surface area (Å²) in [6.07, 6.45) is 1.88. The third kappa shape index (κ3) is 5.15. The van der Waals surface area contributed by atoms with Crippen molar-refractivity contribution in [3.63, 3.8) is 0 Å². The van der Waals surface area contributed by atoms with Crippen molar-refractivity contribution in [2.75, 3.05) is 5.32 Å². The molecule has 0 radical (unpaired) electrons. The number of para-hydroxylation sites is 1. The number of hydrogen-bond acceptors (Lipinski definition) is 1. The molecular formula is C22H24FNO. The van der Waals surface area contributed by atoms with Crippen molar-refractivity contribution in [1.82, 2.24) is 0 Å². The lowest BCUT2D eigenvalue weighted by molar-refractivity contribution is -0.112. The fourth-order valence-electron chi connectivity index (χ4n) is 2.40. The molecule has 0 spiro atoms. The Morgan fingerprint density at radius 3 is 2.16 bits per heavy atom. The van der Waals surface area contributed by atoms with E-state index in [2.05, 4.69) is 19.2 Å². The standard InChI is InChI=1S/C22H24FNO/c1-15(2)17(4)21(22(25)24-20-8-6-5-7-9-20)14-16(3)18-10-12-19(23)13-11-18/h5-15H,1-4H3,(H,24,25)/b16-14+,21-17-. The Kier molecular flexibility index (Phi) is 6.29. The first-order valence-corrected chi connectivity index (χ1v) is 8.40. The molecule has 3 heteroatoms. The summed E-state index contributed by atoms with van der Waals surface area (Å²) in [5, 5.41) is 2.94. The highest BCUT2D eigenvalue weighted by Gasteiger charge is 2.14. The molecular weight excluding hydrogens is 313 g/mol. The molecule has 2 aromatic carbocycles. The van der Waals surface area contributed by atoms with Crippen LogP contribution < -0.4 is 5.32 Å². The number of carbonyl (C=O) groups is 1. The van der Waals surface area contributed by atoms with Crippen LogP contribution >= 0.6 is 0 Å². The van der Waals surface area contributed by atoms with E-state index in [1.54, 1.807) is 12.1 Å². The topological polar surface area (TPSA) is 29.1 Å². The van der Waals surface area contributed by atoms with Gasteiger partial charge in [0.1, 0.15) is 5.82 Å². The Bertz CT molecular complexity index is 787. The van der Waals surface area contributed by atoms with E-state index in [1.807, 2.05) is 50.3 Å². The molecule has 0 saturated heterocycles. The quantitative estimate of drug-likeness (QED) is 0.539. The molecule has 2 nitrogen and oxygen atoms in total. The van der Waals surface area contributed by atoms with Crippen LogP contribution in [0.4, 0.5) is 10.1 Å². The van der Waals surface area contributed by atoms with Crippen LogP contribution in [0.5, 0.6) is 0 Å². The molecule has 2 rings (SSSR count). The molecule has 25 heavy (non-hydrogen) atoms. The minimum absolute atomic E-state index is 0.140. The van der Waals surface area contributed by atoms with Crippen molar-refractivity contribution in [2.24, 2.45) is 5.92 Å². The average Bonchev–Trinajstić information content (AvgIpc) is 2.60. The average molecular weight is 337 g/mol. The molecule has 2 aromatic rings. The Labute approximate surface area is 149 Å². The first kappa shape index (κ1) is 18.7. The Balaban J connectivity index is 2.36. The molecule has 0 unspecified atom stereocenters. The second-order valence-corrected chi connectivity index (χ2v) is 6.41. The third-order valence-electron chi connectivity index (χ3n) is 4.23. The van der Waals surface area contributed by atoms with Gasteiger partial charge in [0.15, 0.2) is 0 Å². The molecule has 0 heterocycles.